The third-order valence-electron chi connectivity index (χ3n) is 3.52. The van der Waals surface area contributed by atoms with E-state index in [1.165, 1.54) is 13.0 Å². The van der Waals surface area contributed by atoms with Crippen LogP contribution in [0.2, 0.25) is 5.02 Å². The maximum absolute atomic E-state index is 12.5. The molecule has 0 spiro atoms. The van der Waals surface area contributed by atoms with Crippen LogP contribution in [0.15, 0.2) is 46.9 Å². The number of nitrogens with one attached hydrogen (secondary N) is 2. The van der Waals surface area contributed by atoms with Crippen LogP contribution in [0.1, 0.15) is 22.8 Å². The molecule has 2 aromatic carbocycles. The molecule has 0 aliphatic carbocycles. The van der Waals surface area contributed by atoms with Crippen molar-refractivity contribution in [3.8, 4) is 0 Å². The van der Waals surface area contributed by atoms with Gasteiger partial charge in [0.15, 0.2) is 0 Å². The predicted octanol–water partition coefficient (Wildman–Crippen LogP) is 3.49. The zero-order valence-corrected chi connectivity index (χ0v) is 16.1. The summed E-state index contributed by atoms with van der Waals surface area (Å²) < 4.78 is 0.695. The molecule has 136 valence electrons. The van der Waals surface area contributed by atoms with Crippen molar-refractivity contribution in [2.45, 2.75) is 19.4 Å². The van der Waals surface area contributed by atoms with E-state index in [1.807, 2.05) is 0 Å². The number of anilines is 1. The molecule has 0 unspecified atom stereocenters. The van der Waals surface area contributed by atoms with Crippen LogP contribution in [0.25, 0.3) is 0 Å². The Morgan fingerprint density at radius 1 is 1.19 bits per heavy atom. The molecule has 0 heterocycles. The summed E-state index contributed by atoms with van der Waals surface area (Å²) in [6.07, 6.45) is 0.0462. The average molecular weight is 440 g/mol. The lowest BCUT2D eigenvalue weighted by Crippen LogP contribution is -2.42. The van der Waals surface area contributed by atoms with Gasteiger partial charge in [-0.3, -0.25) is 9.59 Å². The number of hydrogen-bond acceptors (Lipinski definition) is 3. The molecule has 0 bridgehead atoms. The molecule has 0 aromatic heterocycles. The van der Waals surface area contributed by atoms with Gasteiger partial charge in [-0.25, -0.2) is 4.79 Å². The second-order valence-electron chi connectivity index (χ2n) is 5.53. The van der Waals surface area contributed by atoms with Gasteiger partial charge in [-0.15, -0.1) is 0 Å². The SMILES string of the molecule is CC(=O)Nc1ccccc1C(=O)N[C@@H](Cc1cc(Cl)ccc1Br)C(=O)O. The van der Waals surface area contributed by atoms with Crippen LogP contribution < -0.4 is 10.6 Å². The van der Waals surface area contributed by atoms with Gasteiger partial charge in [-0.1, -0.05) is 39.7 Å². The van der Waals surface area contributed by atoms with Crippen LogP contribution in [0.5, 0.6) is 0 Å². The minimum atomic E-state index is -1.18. The lowest BCUT2D eigenvalue weighted by molar-refractivity contribution is -0.139. The lowest BCUT2D eigenvalue weighted by atomic mass is 10.0. The molecule has 0 fully saturated rings. The number of benzene rings is 2. The van der Waals surface area contributed by atoms with Crippen molar-refractivity contribution >= 4 is 51.0 Å². The molecule has 0 aliphatic rings. The van der Waals surface area contributed by atoms with E-state index >= 15 is 0 Å². The molecule has 2 rings (SSSR count). The Balaban J connectivity index is 2.23. The number of carboxylic acid groups (broad SMARTS) is 1. The molecule has 26 heavy (non-hydrogen) atoms. The number of carboxylic acids is 1. The molecule has 0 saturated heterocycles. The van der Waals surface area contributed by atoms with Crippen LogP contribution >= 0.6 is 27.5 Å². The van der Waals surface area contributed by atoms with Gasteiger partial charge in [0.2, 0.25) is 5.91 Å². The van der Waals surface area contributed by atoms with E-state index in [0.717, 1.165) is 0 Å². The zero-order chi connectivity index (χ0) is 19.3. The standard InChI is InChI=1S/C18H16BrClN2O4/c1-10(23)21-15-5-3-2-4-13(15)17(24)22-16(18(25)26)9-11-8-12(20)6-7-14(11)19/h2-8,16H,9H2,1H3,(H,21,23)(H,22,24)(H,25,26)/t16-/m0/s1. The second-order valence-corrected chi connectivity index (χ2v) is 6.82. The van der Waals surface area contributed by atoms with Crippen LogP contribution in [0.4, 0.5) is 5.69 Å². The van der Waals surface area contributed by atoms with Gasteiger partial charge in [0.25, 0.3) is 5.91 Å². The Morgan fingerprint density at radius 2 is 1.88 bits per heavy atom. The molecule has 0 saturated carbocycles. The summed E-state index contributed by atoms with van der Waals surface area (Å²) in [6, 6.07) is 10.2. The van der Waals surface area contributed by atoms with Crippen LogP contribution in [-0.4, -0.2) is 28.9 Å². The van der Waals surface area contributed by atoms with Crippen molar-refractivity contribution in [3.63, 3.8) is 0 Å². The second kappa shape index (κ2) is 8.82. The van der Waals surface area contributed by atoms with E-state index in [0.29, 0.717) is 20.7 Å². The number of amides is 2. The first-order valence-corrected chi connectivity index (χ1v) is 8.79. The molecule has 8 heteroatoms. The van der Waals surface area contributed by atoms with Gasteiger partial charge in [-0.2, -0.15) is 0 Å². The fourth-order valence-electron chi connectivity index (χ4n) is 2.34. The van der Waals surface area contributed by atoms with Gasteiger partial charge in [-0.05, 0) is 35.9 Å². The molecule has 2 amide bonds. The molecular formula is C18H16BrClN2O4. The molecule has 0 aliphatic heterocycles. The van der Waals surface area contributed by atoms with Crippen LogP contribution in [0.3, 0.4) is 0 Å². The number of hydrogen-bond donors (Lipinski definition) is 3. The van der Waals surface area contributed by atoms with Crippen molar-refractivity contribution in [2.75, 3.05) is 5.32 Å². The van der Waals surface area contributed by atoms with Gasteiger partial charge in [0.05, 0.1) is 11.3 Å². The molecule has 3 N–H and O–H groups in total. The minimum absolute atomic E-state index is 0.0462. The minimum Gasteiger partial charge on any atom is -0.480 e. The Hall–Kier alpha value is -2.38. The number of carbonyl (C=O) groups is 3. The summed E-state index contributed by atoms with van der Waals surface area (Å²) in [5.74, 6) is -2.11. The van der Waals surface area contributed by atoms with Crippen molar-refractivity contribution in [3.05, 3.63) is 63.1 Å². The predicted molar refractivity (Wildman–Crippen MR) is 102 cm³/mol. The first kappa shape index (κ1) is 19.9. The monoisotopic (exact) mass is 438 g/mol. The molecule has 0 radical (unpaired) electrons. The number of aliphatic carboxylic acids is 1. The maximum atomic E-state index is 12.5. The Labute approximate surface area is 163 Å². The van der Waals surface area contributed by atoms with Crippen molar-refractivity contribution in [1.82, 2.24) is 5.32 Å². The molecule has 6 nitrogen and oxygen atoms in total. The number of carbonyl (C=O) groups excluding carboxylic acids is 2. The summed E-state index contributed by atoms with van der Waals surface area (Å²) in [6.45, 7) is 1.32. The first-order chi connectivity index (χ1) is 12.3. The maximum Gasteiger partial charge on any atom is 0.326 e. The Bertz CT molecular complexity index is 857. The summed E-state index contributed by atoms with van der Waals surface area (Å²) in [5.41, 5.74) is 1.14. The number of para-hydroxylation sites is 1. The fraction of sp³-hybridized carbons (Fsp3) is 0.167. The first-order valence-electron chi connectivity index (χ1n) is 7.62. The normalized spacial score (nSPS) is 11.5. The van der Waals surface area contributed by atoms with Crippen molar-refractivity contribution < 1.29 is 19.5 Å². The third kappa shape index (κ3) is 5.31. The highest BCUT2D eigenvalue weighted by atomic mass is 79.9. The Kier molecular flexibility index (Phi) is 6.76. The summed E-state index contributed by atoms with van der Waals surface area (Å²) in [4.78, 5) is 35.4. The van der Waals surface area contributed by atoms with Gasteiger partial charge < -0.3 is 15.7 Å². The Morgan fingerprint density at radius 3 is 2.54 bits per heavy atom. The van der Waals surface area contributed by atoms with E-state index in [4.69, 9.17) is 11.6 Å². The quantitative estimate of drug-likeness (QED) is 0.642. The number of rotatable bonds is 6. The molecule has 2 aromatic rings. The summed E-state index contributed by atoms with van der Waals surface area (Å²) >= 11 is 9.30. The van der Waals surface area contributed by atoms with E-state index in [1.54, 1.807) is 36.4 Å². The highest BCUT2D eigenvalue weighted by molar-refractivity contribution is 9.10. The van der Waals surface area contributed by atoms with E-state index < -0.39 is 17.9 Å². The van der Waals surface area contributed by atoms with E-state index in [-0.39, 0.29) is 17.9 Å². The van der Waals surface area contributed by atoms with Crippen LogP contribution in [0, 0.1) is 0 Å². The van der Waals surface area contributed by atoms with Gasteiger partial charge in [0.1, 0.15) is 6.04 Å². The molecule has 1 atom stereocenters. The smallest absolute Gasteiger partial charge is 0.326 e. The average Bonchev–Trinajstić information content (AvgIpc) is 2.57. The highest BCUT2D eigenvalue weighted by Gasteiger charge is 2.23. The van der Waals surface area contributed by atoms with Gasteiger partial charge in [0, 0.05) is 22.8 Å². The summed E-state index contributed by atoms with van der Waals surface area (Å²) in [7, 11) is 0. The fourth-order valence-corrected chi connectivity index (χ4v) is 2.94. The lowest BCUT2D eigenvalue weighted by Gasteiger charge is -2.17. The van der Waals surface area contributed by atoms with Crippen molar-refractivity contribution in [1.29, 1.82) is 0 Å². The highest BCUT2D eigenvalue weighted by Crippen LogP contribution is 2.23. The topological polar surface area (TPSA) is 95.5 Å². The number of halogens is 2. The van der Waals surface area contributed by atoms with Crippen LogP contribution in [-0.2, 0) is 16.0 Å². The summed E-state index contributed by atoms with van der Waals surface area (Å²) in [5, 5.41) is 15.0. The third-order valence-corrected chi connectivity index (χ3v) is 4.53. The van der Waals surface area contributed by atoms with Crippen molar-refractivity contribution in [2.24, 2.45) is 0 Å². The molecular weight excluding hydrogens is 424 g/mol. The van der Waals surface area contributed by atoms with Gasteiger partial charge >= 0.3 is 5.97 Å². The zero-order valence-electron chi connectivity index (χ0n) is 13.8. The largest absolute Gasteiger partial charge is 0.480 e. The van der Waals surface area contributed by atoms with E-state index in [9.17, 15) is 19.5 Å². The van der Waals surface area contributed by atoms with E-state index in [2.05, 4.69) is 26.6 Å².